The molecule has 2 aliphatic carbocycles. The molecule has 0 nitrogen and oxygen atoms in total. The normalized spacial score (nSPS) is 18.3. The summed E-state index contributed by atoms with van der Waals surface area (Å²) in [5, 5.41) is 2.75. The van der Waals surface area contributed by atoms with E-state index in [-0.39, 0.29) is 17.1 Å². The molecule has 0 N–H and O–H groups in total. The van der Waals surface area contributed by atoms with Crippen LogP contribution in [0.3, 0.4) is 0 Å². The Hall–Kier alpha value is -0.304. The summed E-state index contributed by atoms with van der Waals surface area (Å²) >= 11 is 0. The van der Waals surface area contributed by atoms with Gasteiger partial charge in [-0.1, -0.05) is 53.8 Å². The van der Waals surface area contributed by atoms with Gasteiger partial charge in [-0.3, -0.25) is 0 Å². The molecule has 2 saturated carbocycles. The van der Waals surface area contributed by atoms with Gasteiger partial charge in [0.2, 0.25) is 0 Å². The van der Waals surface area contributed by atoms with Gasteiger partial charge in [-0.2, -0.15) is 0 Å². The molecule has 112 valence electrons. The van der Waals surface area contributed by atoms with Gasteiger partial charge in [0.05, 0.1) is 0 Å². The molecule has 2 fully saturated rings. The predicted molar refractivity (Wildman–Crippen MR) is 94.6 cm³/mol. The summed E-state index contributed by atoms with van der Waals surface area (Å²) in [4.78, 5) is 0. The van der Waals surface area contributed by atoms with Crippen molar-refractivity contribution in [3.05, 3.63) is 106 Å². The zero-order valence-electron chi connectivity index (χ0n) is 13.1. The van der Waals surface area contributed by atoms with Gasteiger partial charge in [-0.15, -0.1) is 6.58 Å². The summed E-state index contributed by atoms with van der Waals surface area (Å²) in [6.07, 6.45) is 18.5. The molecule has 0 spiro atoms. The molecule has 1 aromatic rings. The number of rotatable bonds is 3. The number of allylic oxidation sites excluding steroid dienone is 1. The largest absolute Gasteiger partial charge is 2.00 e. The van der Waals surface area contributed by atoms with Crippen molar-refractivity contribution in [2.45, 2.75) is 13.1 Å². The van der Waals surface area contributed by atoms with E-state index in [9.17, 15) is 0 Å². The minimum absolute atomic E-state index is 0. The van der Waals surface area contributed by atoms with Crippen LogP contribution in [-0.2, 0) is 17.1 Å². The topological polar surface area (TPSA) is 0 Å². The van der Waals surface area contributed by atoms with Gasteiger partial charge in [0, 0.05) is 5.92 Å². The van der Waals surface area contributed by atoms with Crippen LogP contribution in [0.1, 0.15) is 0 Å². The van der Waals surface area contributed by atoms with Gasteiger partial charge in [0.15, 0.2) is 0 Å². The smallest absolute Gasteiger partial charge is 0.103 e. The molecule has 0 aliphatic heterocycles. The van der Waals surface area contributed by atoms with Crippen molar-refractivity contribution in [3.63, 3.8) is 0 Å². The van der Waals surface area contributed by atoms with E-state index in [1.165, 1.54) is 16.3 Å². The Balaban J connectivity index is 0.000000344. The Kier molecular flexibility index (Phi) is 8.75. The maximum Gasteiger partial charge on any atom is 2.00 e. The molecule has 0 saturated heterocycles. The van der Waals surface area contributed by atoms with Crippen LogP contribution in [0, 0.1) is 63.7 Å². The zero-order chi connectivity index (χ0) is 15.1. The average Bonchev–Trinajstić information content (AvgIpc) is 3.23. The van der Waals surface area contributed by atoms with Crippen LogP contribution in [0.2, 0.25) is 13.1 Å². The molecule has 10 radical (unpaired) electrons. The molecule has 0 amide bonds. The first kappa shape index (κ1) is 19.7. The quantitative estimate of drug-likeness (QED) is 0.722. The van der Waals surface area contributed by atoms with Crippen molar-refractivity contribution in [3.8, 4) is 0 Å². The SMILES string of the molecule is C=C([C]1[CH][CH][CH][CH]1)[Si](C)(C)c1ccccc1.[CH]1[CH][CH][CH][CH]1.[Fe+2]. The average molecular weight is 346 g/mol. The van der Waals surface area contributed by atoms with Crippen molar-refractivity contribution < 1.29 is 17.1 Å². The van der Waals surface area contributed by atoms with E-state index >= 15 is 0 Å². The molecule has 0 heterocycles. The molecule has 0 unspecified atom stereocenters. The fourth-order valence-electron chi connectivity index (χ4n) is 2.29. The summed E-state index contributed by atoms with van der Waals surface area (Å²) in [6.45, 7) is 9.02. The van der Waals surface area contributed by atoms with E-state index in [2.05, 4.69) is 75.7 Å². The van der Waals surface area contributed by atoms with Crippen molar-refractivity contribution in [2.75, 3.05) is 0 Å². The Morgan fingerprint density at radius 1 is 0.773 bits per heavy atom. The summed E-state index contributed by atoms with van der Waals surface area (Å²) < 4.78 is 0. The van der Waals surface area contributed by atoms with Crippen LogP contribution in [0.25, 0.3) is 0 Å². The van der Waals surface area contributed by atoms with Crippen LogP contribution in [0.5, 0.6) is 0 Å². The van der Waals surface area contributed by atoms with Crippen LogP contribution in [-0.4, -0.2) is 8.07 Å². The third kappa shape index (κ3) is 5.40. The Morgan fingerprint density at radius 3 is 1.68 bits per heavy atom. The standard InChI is InChI=1S/C15H17Si.C5H5.Fe/c1-13(14-9-7-8-10-14)16(2,3)15-11-5-4-6-12-15;1-2-4-5-3-1;/h4-12H,1H2,2-3H3;1-5H;/q;;+2. The summed E-state index contributed by atoms with van der Waals surface area (Å²) in [7, 11) is -1.58. The molecule has 0 aromatic heterocycles. The van der Waals surface area contributed by atoms with Crippen molar-refractivity contribution in [2.24, 2.45) is 0 Å². The third-order valence-electron chi connectivity index (χ3n) is 3.82. The van der Waals surface area contributed by atoms with E-state index in [1.807, 2.05) is 32.1 Å². The number of hydrogen-bond donors (Lipinski definition) is 0. The van der Waals surface area contributed by atoms with Gasteiger partial charge in [0.1, 0.15) is 8.07 Å². The van der Waals surface area contributed by atoms with Gasteiger partial charge >= 0.3 is 17.1 Å². The van der Waals surface area contributed by atoms with Crippen molar-refractivity contribution >= 4 is 13.3 Å². The van der Waals surface area contributed by atoms with E-state index in [4.69, 9.17) is 0 Å². The van der Waals surface area contributed by atoms with E-state index in [0.717, 1.165) is 0 Å². The molecule has 0 bridgehead atoms. The summed E-state index contributed by atoms with van der Waals surface area (Å²) in [5.74, 6) is 1.29. The molecule has 1 aromatic carbocycles. The van der Waals surface area contributed by atoms with Crippen LogP contribution >= 0.6 is 0 Å². The minimum atomic E-state index is -1.58. The molecule has 0 atom stereocenters. The molecule has 2 heteroatoms. The van der Waals surface area contributed by atoms with E-state index in [1.54, 1.807) is 0 Å². The Morgan fingerprint density at radius 2 is 1.23 bits per heavy atom. The van der Waals surface area contributed by atoms with Crippen LogP contribution in [0.15, 0.2) is 42.1 Å². The Labute approximate surface area is 149 Å². The first-order valence-corrected chi connectivity index (χ1v) is 10.3. The number of benzene rings is 1. The third-order valence-corrected chi connectivity index (χ3v) is 7.39. The summed E-state index contributed by atoms with van der Waals surface area (Å²) in [6, 6.07) is 10.7. The second-order valence-electron chi connectivity index (χ2n) is 5.61. The first-order chi connectivity index (χ1) is 10.1. The molecule has 3 rings (SSSR count). The van der Waals surface area contributed by atoms with Crippen molar-refractivity contribution in [1.82, 2.24) is 0 Å². The van der Waals surface area contributed by atoms with Gasteiger partial charge < -0.3 is 0 Å². The van der Waals surface area contributed by atoms with Crippen LogP contribution < -0.4 is 5.19 Å². The first-order valence-electron chi connectivity index (χ1n) is 7.26. The zero-order valence-corrected chi connectivity index (χ0v) is 15.2. The fourth-order valence-corrected chi connectivity index (χ4v) is 4.55. The minimum Gasteiger partial charge on any atom is -0.103 e. The molecular weight excluding hydrogens is 324 g/mol. The predicted octanol–water partition coefficient (Wildman–Crippen LogP) is 4.12. The maximum absolute atomic E-state index is 4.31. The second-order valence-corrected chi connectivity index (χ2v) is 10.0. The monoisotopic (exact) mass is 346 g/mol. The molecule has 22 heavy (non-hydrogen) atoms. The van der Waals surface area contributed by atoms with Crippen molar-refractivity contribution in [1.29, 1.82) is 0 Å². The maximum atomic E-state index is 4.31. The van der Waals surface area contributed by atoms with Gasteiger partial charge in [-0.05, 0) is 57.8 Å². The fraction of sp³-hybridized carbons (Fsp3) is 0.100. The Bertz CT molecular complexity index is 421. The van der Waals surface area contributed by atoms with E-state index in [0.29, 0.717) is 0 Å². The molecule has 2 aliphatic rings. The number of hydrogen-bond acceptors (Lipinski definition) is 0. The van der Waals surface area contributed by atoms with Gasteiger partial charge in [0.25, 0.3) is 0 Å². The summed E-state index contributed by atoms with van der Waals surface area (Å²) in [5.41, 5.74) is 0. The molecular formula is C20H22FeSi+2. The van der Waals surface area contributed by atoms with E-state index < -0.39 is 8.07 Å². The van der Waals surface area contributed by atoms with Crippen LogP contribution in [0.4, 0.5) is 0 Å². The van der Waals surface area contributed by atoms with Gasteiger partial charge in [-0.25, -0.2) is 0 Å². The second kappa shape index (κ2) is 9.75.